The van der Waals surface area contributed by atoms with Gasteiger partial charge in [0.15, 0.2) is 0 Å². The van der Waals surface area contributed by atoms with Gasteiger partial charge in [-0.3, -0.25) is 0 Å². The third-order valence-electron chi connectivity index (χ3n) is 2.34. The monoisotopic (exact) mass is 373 g/mol. The van der Waals surface area contributed by atoms with Crippen LogP contribution in [0.4, 0.5) is 22.0 Å². The quantitative estimate of drug-likeness (QED) is 0.742. The fourth-order valence-corrected chi connectivity index (χ4v) is 1.67. The van der Waals surface area contributed by atoms with Gasteiger partial charge in [0.05, 0.1) is 0 Å². The molecule has 0 aliphatic carbocycles. The number of hydrogen-bond acceptors (Lipinski definition) is 2. The van der Waals surface area contributed by atoms with E-state index in [0.29, 0.717) is 4.47 Å². The van der Waals surface area contributed by atoms with E-state index in [-0.39, 0.29) is 5.56 Å². The summed E-state index contributed by atoms with van der Waals surface area (Å²) in [4.78, 5) is 8.90. The number of carboxylic acids is 1. The summed E-state index contributed by atoms with van der Waals surface area (Å²) in [5.74, 6) is -3.82. The number of aliphatic carboxylic acids is 1. The second kappa shape index (κ2) is 6.99. The molecule has 1 aliphatic rings. The van der Waals surface area contributed by atoms with Gasteiger partial charge in [0, 0.05) is 23.1 Å². The number of hydrogen-bond donors (Lipinski definition) is 2. The number of halogens is 6. The second-order valence-electron chi connectivity index (χ2n) is 3.99. The first-order valence-electron chi connectivity index (χ1n) is 5.46. The van der Waals surface area contributed by atoms with Crippen molar-refractivity contribution in [2.45, 2.75) is 6.18 Å². The molecular weight excluding hydrogens is 365 g/mol. The smallest absolute Gasteiger partial charge is 0.475 e. The zero-order chi connectivity index (χ0) is 16.2. The summed E-state index contributed by atoms with van der Waals surface area (Å²) in [6, 6.07) is 2.53. The largest absolute Gasteiger partial charge is 0.490 e. The normalized spacial score (nSPS) is 13.9. The maximum Gasteiger partial charge on any atom is 0.490 e. The molecule has 0 spiro atoms. The Morgan fingerprint density at radius 3 is 1.95 bits per heavy atom. The first kappa shape index (κ1) is 17.6. The highest BCUT2D eigenvalue weighted by Gasteiger charge is 2.38. The SMILES string of the molecule is Fc1cc(Br)cc(F)c1C=C1CNC1.O=C(O)C(F)(F)F. The zero-order valence-corrected chi connectivity index (χ0v) is 11.9. The van der Waals surface area contributed by atoms with Gasteiger partial charge in [0.1, 0.15) is 11.6 Å². The molecule has 9 heteroatoms. The van der Waals surface area contributed by atoms with E-state index in [4.69, 9.17) is 9.90 Å². The minimum atomic E-state index is -5.08. The second-order valence-corrected chi connectivity index (χ2v) is 4.91. The van der Waals surface area contributed by atoms with E-state index in [0.717, 1.165) is 18.7 Å². The van der Waals surface area contributed by atoms with Crippen molar-refractivity contribution >= 4 is 28.0 Å². The van der Waals surface area contributed by atoms with E-state index in [2.05, 4.69) is 21.2 Å². The molecule has 1 aliphatic heterocycles. The van der Waals surface area contributed by atoms with Crippen LogP contribution in [0.15, 0.2) is 22.2 Å². The fraction of sp³-hybridized carbons (Fsp3) is 0.250. The number of rotatable bonds is 1. The Labute approximate surface area is 124 Å². The molecule has 0 amide bonds. The van der Waals surface area contributed by atoms with Gasteiger partial charge >= 0.3 is 12.1 Å². The summed E-state index contributed by atoms with van der Waals surface area (Å²) in [5.41, 5.74) is 1.06. The van der Waals surface area contributed by atoms with E-state index < -0.39 is 23.8 Å². The average molecular weight is 374 g/mol. The van der Waals surface area contributed by atoms with Crippen LogP contribution in [0.5, 0.6) is 0 Å². The Hall–Kier alpha value is -1.48. The van der Waals surface area contributed by atoms with Crippen molar-refractivity contribution in [1.82, 2.24) is 5.32 Å². The molecule has 2 N–H and O–H groups in total. The summed E-state index contributed by atoms with van der Waals surface area (Å²) in [5, 5.41) is 10.1. The zero-order valence-electron chi connectivity index (χ0n) is 10.3. The van der Waals surface area contributed by atoms with Gasteiger partial charge in [-0.05, 0) is 23.8 Å². The molecule has 1 fully saturated rings. The first-order chi connectivity index (χ1) is 9.61. The molecule has 0 bridgehead atoms. The Balaban J connectivity index is 0.000000270. The summed E-state index contributed by atoms with van der Waals surface area (Å²) in [7, 11) is 0. The van der Waals surface area contributed by atoms with Gasteiger partial charge in [0.25, 0.3) is 0 Å². The van der Waals surface area contributed by atoms with Crippen LogP contribution in [0.25, 0.3) is 6.08 Å². The summed E-state index contributed by atoms with van der Waals surface area (Å²) < 4.78 is 58.7. The Morgan fingerprint density at radius 1 is 1.24 bits per heavy atom. The molecule has 1 saturated heterocycles. The molecule has 1 heterocycles. The van der Waals surface area contributed by atoms with Gasteiger partial charge in [-0.2, -0.15) is 13.2 Å². The minimum absolute atomic E-state index is 0.0460. The predicted octanol–water partition coefficient (Wildman–Crippen LogP) is 3.35. The number of carboxylic acid groups (broad SMARTS) is 1. The van der Waals surface area contributed by atoms with Crippen LogP contribution in [0.2, 0.25) is 0 Å². The molecule has 0 saturated carbocycles. The summed E-state index contributed by atoms with van der Waals surface area (Å²) in [6.07, 6.45) is -3.52. The van der Waals surface area contributed by atoms with E-state index >= 15 is 0 Å². The standard InChI is InChI=1S/C10H8BrF2N.C2HF3O2/c11-7-2-9(12)8(10(13)3-7)1-6-4-14-5-6;3-2(4,5)1(6)7/h1-3,14H,4-5H2;(H,6,7). The minimum Gasteiger partial charge on any atom is -0.475 e. The topological polar surface area (TPSA) is 49.3 Å². The van der Waals surface area contributed by atoms with Gasteiger partial charge in [-0.15, -0.1) is 0 Å². The molecule has 21 heavy (non-hydrogen) atoms. The number of carbonyl (C=O) groups is 1. The van der Waals surface area contributed by atoms with Crippen LogP contribution in [0.1, 0.15) is 5.56 Å². The van der Waals surface area contributed by atoms with Crippen molar-refractivity contribution in [1.29, 1.82) is 0 Å². The first-order valence-corrected chi connectivity index (χ1v) is 6.25. The maximum atomic E-state index is 13.3. The van der Waals surface area contributed by atoms with Gasteiger partial charge < -0.3 is 10.4 Å². The lowest BCUT2D eigenvalue weighted by atomic mass is 10.1. The Bertz CT molecular complexity index is 542. The third-order valence-corrected chi connectivity index (χ3v) is 2.80. The molecule has 1 aromatic rings. The van der Waals surface area contributed by atoms with Crippen molar-refractivity contribution in [3.05, 3.63) is 39.4 Å². The van der Waals surface area contributed by atoms with Crippen LogP contribution in [-0.4, -0.2) is 30.3 Å². The van der Waals surface area contributed by atoms with Crippen molar-refractivity contribution < 1.29 is 31.9 Å². The Morgan fingerprint density at radius 2 is 1.67 bits per heavy atom. The molecule has 0 unspecified atom stereocenters. The van der Waals surface area contributed by atoms with E-state index in [1.807, 2.05) is 0 Å². The third kappa shape index (κ3) is 5.43. The lowest BCUT2D eigenvalue weighted by Gasteiger charge is -2.18. The van der Waals surface area contributed by atoms with Crippen molar-refractivity contribution in [3.63, 3.8) is 0 Å². The highest BCUT2D eigenvalue weighted by Crippen LogP contribution is 2.22. The predicted molar refractivity (Wildman–Crippen MR) is 68.6 cm³/mol. The maximum absolute atomic E-state index is 13.3. The van der Waals surface area contributed by atoms with Crippen LogP contribution in [0.3, 0.4) is 0 Å². The van der Waals surface area contributed by atoms with Crippen LogP contribution >= 0.6 is 15.9 Å². The lowest BCUT2D eigenvalue weighted by molar-refractivity contribution is -0.192. The summed E-state index contributed by atoms with van der Waals surface area (Å²) >= 11 is 3.03. The highest BCUT2D eigenvalue weighted by atomic mass is 79.9. The molecule has 116 valence electrons. The molecular formula is C12H9BrF5NO2. The fourth-order valence-electron chi connectivity index (χ4n) is 1.27. The molecule has 0 aromatic heterocycles. The molecule has 0 atom stereocenters. The van der Waals surface area contributed by atoms with E-state index in [9.17, 15) is 22.0 Å². The van der Waals surface area contributed by atoms with E-state index in [1.165, 1.54) is 12.1 Å². The van der Waals surface area contributed by atoms with Gasteiger partial charge in [0.2, 0.25) is 0 Å². The van der Waals surface area contributed by atoms with Gasteiger partial charge in [-0.1, -0.05) is 15.9 Å². The van der Waals surface area contributed by atoms with Crippen molar-refractivity contribution in [3.8, 4) is 0 Å². The molecule has 3 nitrogen and oxygen atoms in total. The summed E-state index contributed by atoms with van der Waals surface area (Å²) in [6.45, 7) is 1.43. The number of alkyl halides is 3. The van der Waals surface area contributed by atoms with Crippen LogP contribution < -0.4 is 5.32 Å². The molecule has 1 aromatic carbocycles. The van der Waals surface area contributed by atoms with Crippen LogP contribution in [-0.2, 0) is 4.79 Å². The average Bonchev–Trinajstić information content (AvgIpc) is 2.24. The van der Waals surface area contributed by atoms with Crippen molar-refractivity contribution in [2.24, 2.45) is 0 Å². The van der Waals surface area contributed by atoms with Gasteiger partial charge in [-0.25, -0.2) is 13.6 Å². The number of benzene rings is 1. The molecule has 0 radical (unpaired) electrons. The Kier molecular flexibility index (Phi) is 5.85. The molecule has 2 rings (SSSR count). The van der Waals surface area contributed by atoms with Crippen molar-refractivity contribution in [2.75, 3.05) is 13.1 Å². The van der Waals surface area contributed by atoms with Crippen LogP contribution in [0, 0.1) is 11.6 Å². The lowest BCUT2D eigenvalue weighted by Crippen LogP contribution is -2.33. The number of nitrogens with one attached hydrogen (secondary N) is 1. The highest BCUT2D eigenvalue weighted by molar-refractivity contribution is 9.10. The van der Waals surface area contributed by atoms with E-state index in [1.54, 1.807) is 6.08 Å².